The van der Waals surface area contributed by atoms with Crippen LogP contribution in [0.3, 0.4) is 0 Å². The fourth-order valence-electron chi connectivity index (χ4n) is 4.37. The van der Waals surface area contributed by atoms with E-state index in [2.05, 4.69) is 0 Å². The van der Waals surface area contributed by atoms with Crippen LogP contribution in [0.4, 0.5) is 0 Å². The Bertz CT molecular complexity index is 661. The molecule has 0 aromatic heterocycles. The van der Waals surface area contributed by atoms with Gasteiger partial charge in [-0.25, -0.2) is 8.42 Å². The van der Waals surface area contributed by atoms with Crippen molar-refractivity contribution in [2.75, 3.05) is 13.1 Å². The lowest BCUT2D eigenvalue weighted by Gasteiger charge is -2.29. The molecule has 0 spiro atoms. The van der Waals surface area contributed by atoms with Gasteiger partial charge in [-0.2, -0.15) is 4.31 Å². The maximum absolute atomic E-state index is 13.1. The third-order valence-electron chi connectivity index (χ3n) is 5.32. The summed E-state index contributed by atoms with van der Waals surface area (Å²) in [6.07, 6.45) is 3.26. The lowest BCUT2D eigenvalue weighted by Crippen LogP contribution is -2.38. The smallest absolute Gasteiger partial charge is 0.243 e. The number of benzene rings is 1. The molecule has 1 saturated heterocycles. The number of nitrogens with zero attached hydrogens (tertiary/aromatic N) is 1. The largest absolute Gasteiger partial charge is 0.327 e. The Morgan fingerprint density at radius 3 is 2.32 bits per heavy atom. The third kappa shape index (κ3) is 2.59. The molecule has 1 aliphatic carbocycles. The molecule has 3 rings (SSSR count). The molecule has 4 nitrogen and oxygen atoms in total. The van der Waals surface area contributed by atoms with E-state index in [1.807, 2.05) is 32.9 Å². The molecule has 1 saturated carbocycles. The summed E-state index contributed by atoms with van der Waals surface area (Å²) < 4.78 is 27.9. The molecule has 2 fully saturated rings. The van der Waals surface area contributed by atoms with Crippen LogP contribution in [0.5, 0.6) is 0 Å². The van der Waals surface area contributed by atoms with Crippen molar-refractivity contribution in [3.05, 3.63) is 28.8 Å². The number of hydrogen-bond acceptors (Lipinski definition) is 3. The van der Waals surface area contributed by atoms with E-state index in [-0.39, 0.29) is 6.04 Å². The third-order valence-corrected chi connectivity index (χ3v) is 7.46. The van der Waals surface area contributed by atoms with Crippen molar-refractivity contribution < 1.29 is 8.42 Å². The highest BCUT2D eigenvalue weighted by Crippen LogP contribution is 2.38. The molecule has 0 radical (unpaired) electrons. The van der Waals surface area contributed by atoms with Crippen molar-refractivity contribution in [3.63, 3.8) is 0 Å². The molecule has 122 valence electrons. The summed E-state index contributed by atoms with van der Waals surface area (Å²) in [6.45, 7) is 7.00. The zero-order valence-electron chi connectivity index (χ0n) is 13.7. The van der Waals surface area contributed by atoms with E-state index < -0.39 is 10.0 Å². The van der Waals surface area contributed by atoms with Crippen LogP contribution in [0.1, 0.15) is 36.0 Å². The maximum atomic E-state index is 13.1. The Morgan fingerprint density at radius 2 is 1.73 bits per heavy atom. The van der Waals surface area contributed by atoms with Crippen LogP contribution in [-0.4, -0.2) is 31.9 Å². The first-order valence-electron chi connectivity index (χ1n) is 8.14. The molecule has 1 aromatic carbocycles. The Balaban J connectivity index is 1.95. The molecule has 3 unspecified atom stereocenters. The van der Waals surface area contributed by atoms with E-state index in [0.717, 1.165) is 36.0 Å². The van der Waals surface area contributed by atoms with Gasteiger partial charge < -0.3 is 5.73 Å². The predicted molar refractivity (Wildman–Crippen MR) is 88.2 cm³/mol. The number of rotatable bonds is 2. The van der Waals surface area contributed by atoms with Crippen LogP contribution in [0, 0.1) is 32.6 Å². The van der Waals surface area contributed by atoms with Crippen LogP contribution in [0.25, 0.3) is 0 Å². The highest BCUT2D eigenvalue weighted by molar-refractivity contribution is 7.89. The average molecular weight is 322 g/mol. The molecule has 1 aromatic rings. The predicted octanol–water partition coefficient (Wildman–Crippen LogP) is 2.36. The fraction of sp³-hybridized carbons (Fsp3) is 0.647. The summed E-state index contributed by atoms with van der Waals surface area (Å²) in [6, 6.07) is 4.06. The summed E-state index contributed by atoms with van der Waals surface area (Å²) >= 11 is 0. The standard InChI is InChI=1S/C17H26N2O2S/c1-11-7-12(2)17(13(3)8-11)22(20,21)19-9-14-5-4-6-16(18)15(14)10-19/h7-8,14-16H,4-6,9-10,18H2,1-3H3. The number of sulfonamides is 1. The minimum absolute atomic E-state index is 0.152. The first kappa shape index (κ1) is 16.0. The molecule has 1 aliphatic heterocycles. The van der Waals surface area contributed by atoms with E-state index in [9.17, 15) is 8.42 Å². The van der Waals surface area contributed by atoms with Gasteiger partial charge in [-0.05, 0) is 56.6 Å². The van der Waals surface area contributed by atoms with Crippen LogP contribution in [0.15, 0.2) is 17.0 Å². The zero-order chi connectivity index (χ0) is 16.1. The summed E-state index contributed by atoms with van der Waals surface area (Å²) in [5.41, 5.74) is 9.01. The Hall–Kier alpha value is -0.910. The van der Waals surface area contributed by atoms with Gasteiger partial charge in [0, 0.05) is 19.1 Å². The molecule has 1 heterocycles. The molecule has 5 heteroatoms. The Kier molecular flexibility index (Phi) is 4.08. The van der Waals surface area contributed by atoms with E-state index in [1.54, 1.807) is 4.31 Å². The minimum Gasteiger partial charge on any atom is -0.327 e. The highest BCUT2D eigenvalue weighted by Gasteiger charge is 2.43. The monoisotopic (exact) mass is 322 g/mol. The van der Waals surface area contributed by atoms with Gasteiger partial charge in [0.25, 0.3) is 0 Å². The molecule has 2 aliphatic rings. The lowest BCUT2D eigenvalue weighted by molar-refractivity contribution is 0.260. The second-order valence-electron chi connectivity index (χ2n) is 7.07. The number of aryl methyl sites for hydroxylation is 3. The topological polar surface area (TPSA) is 63.4 Å². The van der Waals surface area contributed by atoms with Crippen molar-refractivity contribution in [3.8, 4) is 0 Å². The highest BCUT2D eigenvalue weighted by atomic mass is 32.2. The van der Waals surface area contributed by atoms with Crippen molar-refractivity contribution >= 4 is 10.0 Å². The van der Waals surface area contributed by atoms with Gasteiger partial charge in [-0.3, -0.25) is 0 Å². The van der Waals surface area contributed by atoms with Gasteiger partial charge in [0.2, 0.25) is 10.0 Å². The first-order chi connectivity index (χ1) is 10.3. The molecule has 0 bridgehead atoms. The second kappa shape index (κ2) is 5.62. The van der Waals surface area contributed by atoms with Crippen LogP contribution < -0.4 is 5.73 Å². The van der Waals surface area contributed by atoms with E-state index in [0.29, 0.717) is 29.8 Å². The van der Waals surface area contributed by atoms with Gasteiger partial charge in [0.1, 0.15) is 0 Å². The molecule has 2 N–H and O–H groups in total. The van der Waals surface area contributed by atoms with E-state index >= 15 is 0 Å². The number of nitrogens with two attached hydrogens (primary N) is 1. The van der Waals surface area contributed by atoms with Gasteiger partial charge >= 0.3 is 0 Å². The second-order valence-corrected chi connectivity index (χ2v) is 8.94. The van der Waals surface area contributed by atoms with E-state index in [1.165, 1.54) is 0 Å². The van der Waals surface area contributed by atoms with E-state index in [4.69, 9.17) is 5.73 Å². The summed E-state index contributed by atoms with van der Waals surface area (Å²) in [5.74, 6) is 0.763. The Morgan fingerprint density at radius 1 is 1.09 bits per heavy atom. The Labute approximate surface area is 133 Å². The average Bonchev–Trinajstić information content (AvgIpc) is 2.83. The first-order valence-corrected chi connectivity index (χ1v) is 9.58. The van der Waals surface area contributed by atoms with Gasteiger partial charge in [0.15, 0.2) is 0 Å². The SMILES string of the molecule is Cc1cc(C)c(S(=O)(=O)N2CC3CCCC(N)C3C2)c(C)c1. The summed E-state index contributed by atoms with van der Waals surface area (Å²) in [4.78, 5) is 0.491. The van der Waals surface area contributed by atoms with Crippen LogP contribution in [0.2, 0.25) is 0 Å². The fourth-order valence-corrected chi connectivity index (χ4v) is 6.32. The number of hydrogen-bond donors (Lipinski definition) is 1. The quantitative estimate of drug-likeness (QED) is 0.909. The molecule has 0 amide bonds. The van der Waals surface area contributed by atoms with Gasteiger partial charge in [-0.1, -0.05) is 24.1 Å². The van der Waals surface area contributed by atoms with Gasteiger partial charge in [-0.15, -0.1) is 0 Å². The lowest BCUT2D eigenvalue weighted by atomic mass is 9.78. The molecule has 3 atom stereocenters. The van der Waals surface area contributed by atoms with Crippen molar-refractivity contribution in [1.29, 1.82) is 0 Å². The van der Waals surface area contributed by atoms with Crippen molar-refractivity contribution in [2.45, 2.75) is 51.0 Å². The minimum atomic E-state index is -3.42. The normalized spacial score (nSPS) is 29.5. The summed E-state index contributed by atoms with van der Waals surface area (Å²) in [5, 5.41) is 0. The zero-order valence-corrected chi connectivity index (χ0v) is 14.5. The number of fused-ring (bicyclic) bond motifs is 1. The van der Waals surface area contributed by atoms with Crippen LogP contribution in [-0.2, 0) is 10.0 Å². The van der Waals surface area contributed by atoms with Gasteiger partial charge in [0.05, 0.1) is 4.90 Å². The summed E-state index contributed by atoms with van der Waals surface area (Å²) in [7, 11) is -3.42. The van der Waals surface area contributed by atoms with Crippen molar-refractivity contribution in [1.82, 2.24) is 4.31 Å². The molecular formula is C17H26N2O2S. The molecular weight excluding hydrogens is 296 g/mol. The van der Waals surface area contributed by atoms with Crippen LogP contribution >= 0.6 is 0 Å². The maximum Gasteiger partial charge on any atom is 0.243 e. The van der Waals surface area contributed by atoms with Crippen molar-refractivity contribution in [2.24, 2.45) is 17.6 Å². The molecule has 22 heavy (non-hydrogen) atoms.